The standard InChI is InChI=1S/C20H24N4O3S/c1-15-4-3-5-18(16(15)2)22-8-10-23(11-9-22)20(25)17-6-7-19-21-28(26,27)13-12-24(19)14-17/h3-7,14H,8-13H2,1-2H3. The van der Waals surface area contributed by atoms with E-state index in [1.54, 1.807) is 23.3 Å². The highest BCUT2D eigenvalue weighted by Crippen LogP contribution is 2.24. The number of amidine groups is 1. The summed E-state index contributed by atoms with van der Waals surface area (Å²) < 4.78 is 27.0. The summed E-state index contributed by atoms with van der Waals surface area (Å²) in [6.07, 6.45) is 4.98. The van der Waals surface area contributed by atoms with E-state index in [9.17, 15) is 13.2 Å². The Hall–Kier alpha value is -2.61. The molecule has 0 aromatic heterocycles. The van der Waals surface area contributed by atoms with Crippen molar-refractivity contribution in [1.82, 2.24) is 9.80 Å². The molecule has 1 fully saturated rings. The lowest BCUT2D eigenvalue weighted by molar-refractivity contribution is -0.127. The maximum atomic E-state index is 12.9. The van der Waals surface area contributed by atoms with Crippen LogP contribution in [0.5, 0.6) is 0 Å². The third kappa shape index (κ3) is 3.56. The van der Waals surface area contributed by atoms with Gasteiger partial charge in [0, 0.05) is 44.6 Å². The van der Waals surface area contributed by atoms with Gasteiger partial charge in [0.15, 0.2) is 0 Å². The van der Waals surface area contributed by atoms with Crippen LogP contribution in [0.25, 0.3) is 0 Å². The minimum absolute atomic E-state index is 0.0238. The Labute approximate surface area is 165 Å². The zero-order valence-electron chi connectivity index (χ0n) is 16.1. The second kappa shape index (κ2) is 7.09. The number of nitrogens with zero attached hydrogens (tertiary/aromatic N) is 4. The lowest BCUT2D eigenvalue weighted by Gasteiger charge is -2.37. The molecule has 0 aliphatic carbocycles. The van der Waals surface area contributed by atoms with Crippen LogP contribution in [0.3, 0.4) is 0 Å². The molecule has 0 radical (unpaired) electrons. The van der Waals surface area contributed by atoms with Crippen molar-refractivity contribution in [3.8, 4) is 0 Å². The average molecular weight is 401 g/mol. The molecule has 3 heterocycles. The predicted molar refractivity (Wildman–Crippen MR) is 110 cm³/mol. The molecule has 7 nitrogen and oxygen atoms in total. The van der Waals surface area contributed by atoms with E-state index >= 15 is 0 Å². The number of sulfonamides is 1. The van der Waals surface area contributed by atoms with E-state index < -0.39 is 10.0 Å². The number of aryl methyl sites for hydroxylation is 1. The quantitative estimate of drug-likeness (QED) is 0.751. The van der Waals surface area contributed by atoms with Gasteiger partial charge in [-0.3, -0.25) is 4.79 Å². The normalized spacial score (nSPS) is 21.1. The zero-order valence-corrected chi connectivity index (χ0v) is 16.9. The lowest BCUT2D eigenvalue weighted by atomic mass is 10.1. The van der Waals surface area contributed by atoms with Gasteiger partial charge in [0.1, 0.15) is 5.84 Å². The van der Waals surface area contributed by atoms with E-state index in [-0.39, 0.29) is 11.7 Å². The number of rotatable bonds is 2. The number of piperazine rings is 1. The number of hydrogen-bond acceptors (Lipinski definition) is 5. The number of benzene rings is 1. The topological polar surface area (TPSA) is 73.3 Å². The van der Waals surface area contributed by atoms with Gasteiger partial charge in [-0.2, -0.15) is 0 Å². The number of fused-ring (bicyclic) bond motifs is 1. The number of carbonyl (C=O) groups excluding carboxylic acids is 1. The number of anilines is 1. The summed E-state index contributed by atoms with van der Waals surface area (Å²) >= 11 is 0. The molecule has 28 heavy (non-hydrogen) atoms. The third-order valence-corrected chi connectivity index (χ3v) is 6.72. The van der Waals surface area contributed by atoms with Crippen molar-refractivity contribution >= 4 is 27.5 Å². The number of hydrogen-bond donors (Lipinski definition) is 0. The summed E-state index contributed by atoms with van der Waals surface area (Å²) in [4.78, 5) is 18.9. The summed E-state index contributed by atoms with van der Waals surface area (Å²) in [6.45, 7) is 7.48. The molecule has 0 atom stereocenters. The van der Waals surface area contributed by atoms with Crippen molar-refractivity contribution < 1.29 is 13.2 Å². The monoisotopic (exact) mass is 400 g/mol. The Bertz CT molecular complexity index is 1000. The minimum Gasteiger partial charge on any atom is -0.368 e. The average Bonchev–Trinajstić information content (AvgIpc) is 2.69. The first-order chi connectivity index (χ1) is 13.3. The Morgan fingerprint density at radius 1 is 1.04 bits per heavy atom. The van der Waals surface area contributed by atoms with Crippen LogP contribution in [0.1, 0.15) is 11.1 Å². The molecule has 0 saturated carbocycles. The van der Waals surface area contributed by atoms with Gasteiger partial charge in [-0.15, -0.1) is 4.40 Å². The van der Waals surface area contributed by atoms with Crippen LogP contribution in [0.4, 0.5) is 5.69 Å². The Morgan fingerprint density at radius 3 is 2.54 bits per heavy atom. The Kier molecular flexibility index (Phi) is 4.74. The van der Waals surface area contributed by atoms with Crippen molar-refractivity contribution in [2.45, 2.75) is 13.8 Å². The van der Waals surface area contributed by atoms with Gasteiger partial charge < -0.3 is 14.7 Å². The molecule has 3 aliphatic heterocycles. The fourth-order valence-corrected chi connectivity index (χ4v) is 4.71. The fourth-order valence-electron chi connectivity index (χ4n) is 3.74. The molecular weight excluding hydrogens is 376 g/mol. The van der Waals surface area contributed by atoms with Gasteiger partial charge in [0.2, 0.25) is 0 Å². The van der Waals surface area contributed by atoms with Crippen molar-refractivity contribution in [3.63, 3.8) is 0 Å². The van der Waals surface area contributed by atoms with Gasteiger partial charge >= 0.3 is 0 Å². The van der Waals surface area contributed by atoms with E-state index in [4.69, 9.17) is 0 Å². The molecule has 1 aromatic carbocycles. The van der Waals surface area contributed by atoms with E-state index in [2.05, 4.69) is 41.3 Å². The molecule has 3 aliphatic rings. The van der Waals surface area contributed by atoms with E-state index in [0.29, 0.717) is 31.0 Å². The highest BCUT2D eigenvalue weighted by molar-refractivity contribution is 7.90. The van der Waals surface area contributed by atoms with Gasteiger partial charge in [0.25, 0.3) is 15.9 Å². The third-order valence-electron chi connectivity index (χ3n) is 5.55. The van der Waals surface area contributed by atoms with E-state index in [1.165, 1.54) is 16.8 Å². The minimum atomic E-state index is -3.39. The maximum Gasteiger partial charge on any atom is 0.256 e. The first-order valence-electron chi connectivity index (χ1n) is 9.44. The lowest BCUT2D eigenvalue weighted by Crippen LogP contribution is -2.49. The molecule has 8 heteroatoms. The summed E-state index contributed by atoms with van der Waals surface area (Å²) in [7, 11) is -3.39. The molecule has 4 rings (SSSR count). The van der Waals surface area contributed by atoms with Crippen LogP contribution < -0.4 is 4.90 Å². The van der Waals surface area contributed by atoms with Gasteiger partial charge in [-0.05, 0) is 43.2 Å². The van der Waals surface area contributed by atoms with Crippen LogP contribution in [0.2, 0.25) is 0 Å². The number of carbonyl (C=O) groups is 1. The highest BCUT2D eigenvalue weighted by atomic mass is 32.2. The first kappa shape index (κ1) is 18.7. The smallest absolute Gasteiger partial charge is 0.256 e. The van der Waals surface area contributed by atoms with Crippen molar-refractivity contribution in [2.75, 3.05) is 43.4 Å². The summed E-state index contributed by atoms with van der Waals surface area (Å²) in [5.41, 5.74) is 4.36. The van der Waals surface area contributed by atoms with Crippen molar-refractivity contribution in [3.05, 3.63) is 53.3 Å². The molecule has 1 amide bonds. The van der Waals surface area contributed by atoms with Crippen LogP contribution in [0, 0.1) is 13.8 Å². The van der Waals surface area contributed by atoms with Crippen LogP contribution >= 0.6 is 0 Å². The molecule has 0 N–H and O–H groups in total. The molecular formula is C20H24N4O3S. The van der Waals surface area contributed by atoms with Crippen LogP contribution in [-0.2, 0) is 14.8 Å². The fraction of sp³-hybridized carbons (Fsp3) is 0.400. The van der Waals surface area contributed by atoms with E-state index in [0.717, 1.165) is 13.1 Å². The predicted octanol–water partition coefficient (Wildman–Crippen LogP) is 1.45. The molecule has 1 saturated heterocycles. The van der Waals surface area contributed by atoms with Crippen molar-refractivity contribution in [2.24, 2.45) is 4.40 Å². The maximum absolute atomic E-state index is 12.9. The number of amides is 1. The second-order valence-electron chi connectivity index (χ2n) is 7.34. The van der Waals surface area contributed by atoms with Gasteiger partial charge in [0.05, 0.1) is 11.3 Å². The molecule has 0 bridgehead atoms. The molecule has 0 unspecified atom stereocenters. The highest BCUT2D eigenvalue weighted by Gasteiger charge is 2.28. The molecule has 1 aromatic rings. The first-order valence-corrected chi connectivity index (χ1v) is 11.0. The summed E-state index contributed by atoms with van der Waals surface area (Å²) in [6, 6.07) is 6.33. The van der Waals surface area contributed by atoms with Gasteiger partial charge in [-0.25, -0.2) is 8.42 Å². The SMILES string of the molecule is Cc1cccc(N2CCN(C(=O)C3=CN4CCS(=O)(=O)N=C4C=C3)CC2)c1C. The van der Waals surface area contributed by atoms with Crippen LogP contribution in [-0.4, -0.2) is 68.4 Å². The Morgan fingerprint density at radius 2 is 1.79 bits per heavy atom. The molecule has 0 spiro atoms. The van der Waals surface area contributed by atoms with Crippen LogP contribution in [0.15, 0.2) is 46.5 Å². The zero-order chi connectivity index (χ0) is 19.9. The van der Waals surface area contributed by atoms with Gasteiger partial charge in [-0.1, -0.05) is 12.1 Å². The largest absolute Gasteiger partial charge is 0.368 e. The van der Waals surface area contributed by atoms with Crippen molar-refractivity contribution in [1.29, 1.82) is 0 Å². The molecule has 148 valence electrons. The Balaban J connectivity index is 1.43. The summed E-state index contributed by atoms with van der Waals surface area (Å²) in [5, 5.41) is 0. The second-order valence-corrected chi connectivity index (χ2v) is 9.10. The van der Waals surface area contributed by atoms with E-state index in [1.807, 2.05) is 4.90 Å². The summed E-state index contributed by atoms with van der Waals surface area (Å²) in [5.74, 6) is 0.323.